The lowest BCUT2D eigenvalue weighted by Crippen LogP contribution is -2.34. The second kappa shape index (κ2) is 6.44. The third-order valence-electron chi connectivity index (χ3n) is 4.47. The molecule has 1 aliphatic heterocycles. The van der Waals surface area contributed by atoms with Crippen LogP contribution in [-0.4, -0.2) is 24.6 Å². The zero-order chi connectivity index (χ0) is 14.7. The molecule has 0 radical (unpaired) electrons. The van der Waals surface area contributed by atoms with Crippen molar-refractivity contribution in [3.8, 4) is 0 Å². The van der Waals surface area contributed by atoms with Gasteiger partial charge in [-0.15, -0.1) is 0 Å². The van der Waals surface area contributed by atoms with Gasteiger partial charge in [-0.2, -0.15) is 0 Å². The molecule has 0 spiro atoms. The maximum absolute atomic E-state index is 5.00. The first-order valence-electron chi connectivity index (χ1n) is 8.09. The number of nitrogens with zero attached hydrogens (tertiary/aromatic N) is 2. The number of rotatable bonds is 3. The lowest BCUT2D eigenvalue weighted by atomic mass is 10.1. The average Bonchev–Trinajstić information content (AvgIpc) is 2.71. The highest BCUT2D eigenvalue weighted by atomic mass is 15.2. The number of fused-ring (bicyclic) bond motifs is 1. The summed E-state index contributed by atoms with van der Waals surface area (Å²) in [5.74, 6) is 1.18. The maximum Gasteiger partial charge on any atom is 0.134 e. The number of hydrogen-bond donors (Lipinski definition) is 1. The molecule has 0 aliphatic carbocycles. The van der Waals surface area contributed by atoms with Gasteiger partial charge in [0.25, 0.3) is 0 Å². The second-order valence-corrected chi connectivity index (χ2v) is 6.09. The van der Waals surface area contributed by atoms with Crippen molar-refractivity contribution in [1.29, 1.82) is 0 Å². The molecule has 0 saturated carbocycles. The van der Waals surface area contributed by atoms with Crippen LogP contribution in [0.15, 0.2) is 30.3 Å². The van der Waals surface area contributed by atoms with Gasteiger partial charge >= 0.3 is 0 Å². The van der Waals surface area contributed by atoms with Gasteiger partial charge in [0.2, 0.25) is 0 Å². The largest absolute Gasteiger partial charge is 0.354 e. The summed E-state index contributed by atoms with van der Waals surface area (Å²) in [6.07, 6.45) is 5.23. The predicted octanol–water partition coefficient (Wildman–Crippen LogP) is 3.72. The van der Waals surface area contributed by atoms with Crippen LogP contribution in [0.4, 0.5) is 5.82 Å². The van der Waals surface area contributed by atoms with Crippen LogP contribution in [0.2, 0.25) is 0 Å². The SMILES string of the molecule is CNCc1cc2ccccc2nc1N1CCCCCC1C. The number of aromatic nitrogens is 1. The molecule has 3 heteroatoms. The van der Waals surface area contributed by atoms with Gasteiger partial charge in [0.05, 0.1) is 5.52 Å². The molecule has 1 saturated heterocycles. The van der Waals surface area contributed by atoms with E-state index in [1.165, 1.54) is 42.5 Å². The second-order valence-electron chi connectivity index (χ2n) is 6.09. The molecular formula is C18H25N3. The van der Waals surface area contributed by atoms with Crippen LogP contribution in [0, 0.1) is 0 Å². The van der Waals surface area contributed by atoms with Gasteiger partial charge in [0.1, 0.15) is 5.82 Å². The fourth-order valence-electron chi connectivity index (χ4n) is 3.31. The molecular weight excluding hydrogens is 258 g/mol. The van der Waals surface area contributed by atoms with E-state index in [0.717, 1.165) is 18.6 Å². The fourth-order valence-corrected chi connectivity index (χ4v) is 3.31. The smallest absolute Gasteiger partial charge is 0.134 e. The van der Waals surface area contributed by atoms with E-state index in [9.17, 15) is 0 Å². The van der Waals surface area contributed by atoms with Crippen LogP contribution in [-0.2, 0) is 6.54 Å². The highest BCUT2D eigenvalue weighted by Crippen LogP contribution is 2.28. The molecule has 1 aromatic carbocycles. The van der Waals surface area contributed by atoms with Crippen LogP contribution in [0.5, 0.6) is 0 Å². The third kappa shape index (κ3) is 3.03. The van der Waals surface area contributed by atoms with E-state index in [1.807, 2.05) is 7.05 Å². The monoisotopic (exact) mass is 283 g/mol. The zero-order valence-corrected chi connectivity index (χ0v) is 13.1. The highest BCUT2D eigenvalue weighted by molar-refractivity contribution is 5.81. The van der Waals surface area contributed by atoms with Crippen LogP contribution in [0.3, 0.4) is 0 Å². The van der Waals surface area contributed by atoms with Gasteiger partial charge < -0.3 is 10.2 Å². The van der Waals surface area contributed by atoms with Crippen LogP contribution < -0.4 is 10.2 Å². The Morgan fingerprint density at radius 2 is 2.10 bits per heavy atom. The van der Waals surface area contributed by atoms with Crippen molar-refractivity contribution < 1.29 is 0 Å². The van der Waals surface area contributed by atoms with Crippen LogP contribution in [0.1, 0.15) is 38.2 Å². The molecule has 1 N–H and O–H groups in total. The van der Waals surface area contributed by atoms with Gasteiger partial charge in [-0.25, -0.2) is 4.98 Å². The maximum atomic E-state index is 5.00. The van der Waals surface area contributed by atoms with Crippen molar-refractivity contribution in [1.82, 2.24) is 10.3 Å². The number of benzene rings is 1. The van der Waals surface area contributed by atoms with E-state index in [4.69, 9.17) is 4.98 Å². The van der Waals surface area contributed by atoms with E-state index in [-0.39, 0.29) is 0 Å². The normalized spacial score (nSPS) is 19.7. The minimum absolute atomic E-state index is 0.580. The summed E-state index contributed by atoms with van der Waals surface area (Å²) < 4.78 is 0. The molecule has 1 aliphatic rings. The van der Waals surface area contributed by atoms with E-state index in [0.29, 0.717) is 6.04 Å². The van der Waals surface area contributed by atoms with Gasteiger partial charge in [-0.05, 0) is 38.9 Å². The van der Waals surface area contributed by atoms with Crippen LogP contribution in [0.25, 0.3) is 10.9 Å². The average molecular weight is 283 g/mol. The summed E-state index contributed by atoms with van der Waals surface area (Å²) in [6, 6.07) is 11.3. The number of anilines is 1. The lowest BCUT2D eigenvalue weighted by molar-refractivity contribution is 0.608. The molecule has 1 fully saturated rings. The molecule has 1 atom stereocenters. The Morgan fingerprint density at radius 3 is 2.95 bits per heavy atom. The number of para-hydroxylation sites is 1. The first-order chi connectivity index (χ1) is 10.3. The van der Waals surface area contributed by atoms with E-state index in [2.05, 4.69) is 47.5 Å². The summed E-state index contributed by atoms with van der Waals surface area (Å²) in [5.41, 5.74) is 2.41. The minimum Gasteiger partial charge on any atom is -0.354 e. The Kier molecular flexibility index (Phi) is 4.39. The van der Waals surface area contributed by atoms with Crippen molar-refractivity contribution in [3.05, 3.63) is 35.9 Å². The van der Waals surface area contributed by atoms with Gasteiger partial charge in [-0.1, -0.05) is 31.0 Å². The zero-order valence-electron chi connectivity index (χ0n) is 13.1. The Bertz CT molecular complexity index is 608. The Morgan fingerprint density at radius 1 is 1.24 bits per heavy atom. The molecule has 1 aromatic heterocycles. The Labute approximate surface area is 127 Å². The van der Waals surface area contributed by atoms with Crippen molar-refractivity contribution >= 4 is 16.7 Å². The van der Waals surface area contributed by atoms with E-state index >= 15 is 0 Å². The molecule has 0 amide bonds. The van der Waals surface area contributed by atoms with Gasteiger partial charge in [0.15, 0.2) is 0 Å². The molecule has 3 nitrogen and oxygen atoms in total. The Hall–Kier alpha value is -1.61. The summed E-state index contributed by atoms with van der Waals surface area (Å²) in [7, 11) is 2.00. The molecule has 3 rings (SSSR count). The summed E-state index contributed by atoms with van der Waals surface area (Å²) in [6.45, 7) is 4.34. The first-order valence-corrected chi connectivity index (χ1v) is 8.09. The number of pyridine rings is 1. The summed E-state index contributed by atoms with van der Waals surface area (Å²) in [5, 5.41) is 4.52. The molecule has 112 valence electrons. The van der Waals surface area contributed by atoms with E-state index in [1.54, 1.807) is 0 Å². The van der Waals surface area contributed by atoms with Crippen molar-refractivity contribution in [2.45, 2.75) is 45.2 Å². The minimum atomic E-state index is 0.580. The molecule has 2 aromatic rings. The highest BCUT2D eigenvalue weighted by Gasteiger charge is 2.21. The van der Waals surface area contributed by atoms with Crippen molar-refractivity contribution in [3.63, 3.8) is 0 Å². The van der Waals surface area contributed by atoms with Gasteiger partial charge in [0, 0.05) is 30.1 Å². The fraction of sp³-hybridized carbons (Fsp3) is 0.500. The third-order valence-corrected chi connectivity index (χ3v) is 4.47. The summed E-state index contributed by atoms with van der Waals surface area (Å²) >= 11 is 0. The quantitative estimate of drug-likeness (QED) is 0.930. The van der Waals surface area contributed by atoms with Crippen molar-refractivity contribution in [2.75, 3.05) is 18.5 Å². The van der Waals surface area contributed by atoms with E-state index < -0.39 is 0 Å². The van der Waals surface area contributed by atoms with Gasteiger partial charge in [-0.3, -0.25) is 0 Å². The molecule has 2 heterocycles. The Balaban J connectivity index is 2.07. The van der Waals surface area contributed by atoms with Crippen molar-refractivity contribution in [2.24, 2.45) is 0 Å². The standard InChI is InChI=1S/C18H25N3/c1-14-8-4-3-7-11-21(14)18-16(13-19-2)12-15-9-5-6-10-17(15)20-18/h5-6,9-10,12,14,19H,3-4,7-8,11,13H2,1-2H3. The molecule has 0 bridgehead atoms. The lowest BCUT2D eigenvalue weighted by Gasteiger charge is -2.30. The van der Waals surface area contributed by atoms with Crippen LogP contribution >= 0.6 is 0 Å². The summed E-state index contributed by atoms with van der Waals surface area (Å²) in [4.78, 5) is 7.52. The molecule has 1 unspecified atom stereocenters. The number of hydrogen-bond acceptors (Lipinski definition) is 3. The number of nitrogens with one attached hydrogen (secondary N) is 1. The first kappa shape index (κ1) is 14.3. The molecule has 21 heavy (non-hydrogen) atoms. The topological polar surface area (TPSA) is 28.2 Å². The predicted molar refractivity (Wildman–Crippen MR) is 89.8 cm³/mol.